The maximum Gasteiger partial charge on any atom is 0.428 e. The minimum Gasteiger partial charge on any atom is -0.442 e. The number of carbonyl (C=O) groups excluding carboxylic acids is 1. The van der Waals surface area contributed by atoms with Crippen molar-refractivity contribution in [3.63, 3.8) is 0 Å². The van der Waals surface area contributed by atoms with Crippen LogP contribution < -0.4 is 10.7 Å². The summed E-state index contributed by atoms with van der Waals surface area (Å²) in [6, 6.07) is 4.01. The number of cyclic esters (lactones) is 1. The summed E-state index contributed by atoms with van der Waals surface area (Å²) in [5.74, 6) is 0. The summed E-state index contributed by atoms with van der Waals surface area (Å²) in [7, 11) is 2.00. The van der Waals surface area contributed by atoms with E-state index in [1.54, 1.807) is 6.07 Å². The first-order valence-electron chi connectivity index (χ1n) is 7.99. The number of anilines is 1. The second-order valence-electron chi connectivity index (χ2n) is 6.23. The second-order valence-corrected chi connectivity index (χ2v) is 6.23. The molecule has 3 rings (SSSR count). The molecule has 0 spiro atoms. The highest BCUT2D eigenvalue weighted by atomic mass is 19.4. The van der Waals surface area contributed by atoms with Crippen LogP contribution in [0.4, 0.5) is 23.7 Å². The number of amides is 1. The summed E-state index contributed by atoms with van der Waals surface area (Å²) in [6.45, 7) is 1.54. The van der Waals surface area contributed by atoms with Gasteiger partial charge in [-0.3, -0.25) is 0 Å². The molecule has 9 heteroatoms. The SMILES string of the molecule is CN1CCC(Nc2ccc(C3=NNC(=O)OC3)cc2C(F)(F)F)CC1. The third-order valence-electron chi connectivity index (χ3n) is 4.36. The Morgan fingerprint density at radius 2 is 2.04 bits per heavy atom. The molecule has 0 aliphatic carbocycles. The van der Waals surface area contributed by atoms with Gasteiger partial charge >= 0.3 is 12.3 Å². The van der Waals surface area contributed by atoms with E-state index in [1.165, 1.54) is 6.07 Å². The molecule has 1 aromatic rings. The summed E-state index contributed by atoms with van der Waals surface area (Å²) in [4.78, 5) is 13.1. The predicted molar refractivity (Wildman–Crippen MR) is 86.6 cm³/mol. The Balaban J connectivity index is 1.84. The van der Waals surface area contributed by atoms with Gasteiger partial charge in [-0.25, -0.2) is 10.2 Å². The van der Waals surface area contributed by atoms with Crippen molar-refractivity contribution in [1.82, 2.24) is 10.3 Å². The quantitative estimate of drug-likeness (QED) is 0.874. The van der Waals surface area contributed by atoms with E-state index in [9.17, 15) is 18.0 Å². The number of hydrogen-bond acceptors (Lipinski definition) is 5. The Bertz CT molecular complexity index is 682. The van der Waals surface area contributed by atoms with Crippen LogP contribution in [0.1, 0.15) is 24.0 Å². The van der Waals surface area contributed by atoms with Crippen LogP contribution >= 0.6 is 0 Å². The van der Waals surface area contributed by atoms with Crippen molar-refractivity contribution in [1.29, 1.82) is 0 Å². The van der Waals surface area contributed by atoms with Gasteiger partial charge in [-0.2, -0.15) is 18.3 Å². The fraction of sp³-hybridized carbons (Fsp3) is 0.500. The van der Waals surface area contributed by atoms with Gasteiger partial charge in [-0.15, -0.1) is 0 Å². The van der Waals surface area contributed by atoms with Gasteiger partial charge < -0.3 is 15.0 Å². The fourth-order valence-electron chi connectivity index (χ4n) is 2.92. The zero-order chi connectivity index (χ0) is 18.0. The van der Waals surface area contributed by atoms with E-state index in [2.05, 4.69) is 20.7 Å². The highest BCUT2D eigenvalue weighted by Gasteiger charge is 2.35. The number of carbonyl (C=O) groups is 1. The molecule has 0 bridgehead atoms. The van der Waals surface area contributed by atoms with Gasteiger partial charge in [-0.1, -0.05) is 6.07 Å². The first kappa shape index (κ1) is 17.5. The van der Waals surface area contributed by atoms with Gasteiger partial charge in [0.15, 0.2) is 0 Å². The van der Waals surface area contributed by atoms with Gasteiger partial charge in [0.05, 0.1) is 5.56 Å². The standard InChI is InChI=1S/C16H19F3N4O2/c1-23-6-4-11(5-7-23)20-13-3-2-10(8-12(13)16(17,18)19)14-9-25-15(24)22-21-14/h2-3,8,11,20H,4-7,9H2,1H3,(H,22,24). The molecule has 0 aromatic heterocycles. The van der Waals surface area contributed by atoms with Crippen LogP contribution in [0.5, 0.6) is 0 Å². The monoisotopic (exact) mass is 356 g/mol. The van der Waals surface area contributed by atoms with Crippen molar-refractivity contribution in [2.45, 2.75) is 25.1 Å². The van der Waals surface area contributed by atoms with E-state index in [0.717, 1.165) is 32.0 Å². The summed E-state index contributed by atoms with van der Waals surface area (Å²) >= 11 is 0. The predicted octanol–water partition coefficient (Wildman–Crippen LogP) is 2.66. The third kappa shape index (κ3) is 4.22. The molecule has 6 nitrogen and oxygen atoms in total. The van der Waals surface area contributed by atoms with Crippen LogP contribution in [-0.4, -0.2) is 49.5 Å². The van der Waals surface area contributed by atoms with Crippen molar-refractivity contribution in [2.24, 2.45) is 5.10 Å². The molecule has 1 saturated heterocycles. The molecular weight excluding hydrogens is 337 g/mol. The zero-order valence-electron chi connectivity index (χ0n) is 13.7. The Kier molecular flexibility index (Phi) is 4.85. The summed E-state index contributed by atoms with van der Waals surface area (Å²) in [5, 5.41) is 6.78. The van der Waals surface area contributed by atoms with E-state index in [-0.39, 0.29) is 29.6 Å². The van der Waals surface area contributed by atoms with Crippen molar-refractivity contribution < 1.29 is 22.7 Å². The van der Waals surface area contributed by atoms with Crippen molar-refractivity contribution in [3.8, 4) is 0 Å². The van der Waals surface area contributed by atoms with Gasteiger partial charge in [0, 0.05) is 17.3 Å². The topological polar surface area (TPSA) is 66.0 Å². The number of ether oxygens (including phenoxy) is 1. The van der Waals surface area contributed by atoms with Crippen molar-refractivity contribution in [3.05, 3.63) is 29.3 Å². The van der Waals surface area contributed by atoms with E-state index in [4.69, 9.17) is 4.74 Å². The average molecular weight is 356 g/mol. The number of alkyl halides is 3. The highest BCUT2D eigenvalue weighted by molar-refractivity contribution is 6.04. The minimum atomic E-state index is -4.50. The summed E-state index contributed by atoms with van der Waals surface area (Å²) in [5.41, 5.74) is 1.93. The molecule has 0 radical (unpaired) electrons. The Labute approximate surface area is 143 Å². The van der Waals surface area contributed by atoms with Crippen LogP contribution in [0.3, 0.4) is 0 Å². The van der Waals surface area contributed by atoms with E-state index < -0.39 is 17.8 Å². The van der Waals surface area contributed by atoms with Crippen molar-refractivity contribution in [2.75, 3.05) is 32.1 Å². The first-order chi connectivity index (χ1) is 11.8. The number of likely N-dealkylation sites (tertiary alicyclic amines) is 1. The van der Waals surface area contributed by atoms with E-state index in [0.29, 0.717) is 0 Å². The van der Waals surface area contributed by atoms with Crippen LogP contribution in [0.25, 0.3) is 0 Å². The summed E-state index contributed by atoms with van der Waals surface area (Å²) in [6.07, 6.45) is -3.63. The molecule has 2 aliphatic rings. The minimum absolute atomic E-state index is 0.0118. The van der Waals surface area contributed by atoms with Gasteiger partial charge in [0.2, 0.25) is 0 Å². The number of nitrogens with one attached hydrogen (secondary N) is 2. The number of benzene rings is 1. The van der Waals surface area contributed by atoms with E-state index in [1.807, 2.05) is 7.05 Å². The fourth-order valence-corrected chi connectivity index (χ4v) is 2.92. The Morgan fingerprint density at radius 1 is 1.32 bits per heavy atom. The number of hydrazone groups is 1. The maximum atomic E-state index is 13.5. The number of nitrogens with zero attached hydrogens (tertiary/aromatic N) is 2. The van der Waals surface area contributed by atoms with Crippen LogP contribution in [-0.2, 0) is 10.9 Å². The molecule has 0 unspecified atom stereocenters. The van der Waals surface area contributed by atoms with Crippen LogP contribution in [0.15, 0.2) is 23.3 Å². The van der Waals surface area contributed by atoms with Gasteiger partial charge in [-0.05, 0) is 45.1 Å². The van der Waals surface area contributed by atoms with Crippen LogP contribution in [0, 0.1) is 0 Å². The van der Waals surface area contributed by atoms with Gasteiger partial charge in [0.25, 0.3) is 0 Å². The van der Waals surface area contributed by atoms with Crippen LogP contribution in [0.2, 0.25) is 0 Å². The molecule has 1 aromatic carbocycles. The maximum absolute atomic E-state index is 13.5. The molecule has 1 fully saturated rings. The van der Waals surface area contributed by atoms with Gasteiger partial charge in [0.1, 0.15) is 12.3 Å². The smallest absolute Gasteiger partial charge is 0.428 e. The zero-order valence-corrected chi connectivity index (χ0v) is 13.7. The molecule has 136 valence electrons. The molecule has 2 N–H and O–H groups in total. The second kappa shape index (κ2) is 6.91. The first-order valence-corrected chi connectivity index (χ1v) is 7.99. The highest BCUT2D eigenvalue weighted by Crippen LogP contribution is 2.36. The van der Waals surface area contributed by atoms with Crippen molar-refractivity contribution >= 4 is 17.5 Å². The molecule has 2 aliphatic heterocycles. The number of piperidine rings is 1. The Hall–Kier alpha value is -2.29. The lowest BCUT2D eigenvalue weighted by atomic mass is 10.0. The normalized spacial score (nSPS) is 19.8. The number of rotatable bonds is 3. The summed E-state index contributed by atoms with van der Waals surface area (Å²) < 4.78 is 45.2. The lowest BCUT2D eigenvalue weighted by Crippen LogP contribution is -2.37. The molecule has 0 atom stereocenters. The molecule has 2 heterocycles. The largest absolute Gasteiger partial charge is 0.442 e. The van der Waals surface area contributed by atoms with E-state index >= 15 is 0 Å². The molecule has 0 saturated carbocycles. The lowest BCUT2D eigenvalue weighted by Gasteiger charge is -2.31. The number of hydrogen-bond donors (Lipinski definition) is 2. The third-order valence-corrected chi connectivity index (χ3v) is 4.36. The molecular formula is C16H19F3N4O2. The Morgan fingerprint density at radius 3 is 2.64 bits per heavy atom. The number of halogens is 3. The average Bonchev–Trinajstić information content (AvgIpc) is 2.57. The molecule has 1 amide bonds. The molecule has 25 heavy (non-hydrogen) atoms. The lowest BCUT2D eigenvalue weighted by molar-refractivity contribution is -0.137.